The lowest BCUT2D eigenvalue weighted by Crippen LogP contribution is -2.41. The van der Waals surface area contributed by atoms with Gasteiger partial charge < -0.3 is 19.7 Å². The molecule has 0 rings (SSSR count). The number of hydrogen-bond acceptors (Lipinski definition) is 5. The van der Waals surface area contributed by atoms with E-state index in [1.807, 2.05) is 25.7 Å². The lowest BCUT2D eigenvalue weighted by molar-refractivity contribution is -0.137. The average Bonchev–Trinajstić information content (AvgIpc) is 2.31. The van der Waals surface area contributed by atoms with Gasteiger partial charge in [-0.05, 0) is 20.8 Å². The molecule has 2 N–H and O–H groups in total. The first kappa shape index (κ1) is 18.3. The number of aliphatic hydroxyl groups excluding tert-OH is 1. The lowest BCUT2D eigenvalue weighted by Gasteiger charge is -2.28. The van der Waals surface area contributed by atoms with Crippen LogP contribution < -0.4 is 0 Å². The summed E-state index contributed by atoms with van der Waals surface area (Å²) in [7, 11) is 1.60. The second-order valence-electron chi connectivity index (χ2n) is 4.99. The summed E-state index contributed by atoms with van der Waals surface area (Å²) >= 11 is 0. The normalized spacial score (nSPS) is 14.9. The van der Waals surface area contributed by atoms with Crippen LogP contribution in [0.2, 0.25) is 0 Å². The fourth-order valence-electron chi connectivity index (χ4n) is 1.68. The average molecular weight is 277 g/mol. The molecule has 6 nitrogen and oxygen atoms in total. The Hall–Kier alpha value is -0.690. The van der Waals surface area contributed by atoms with E-state index in [0.717, 1.165) is 0 Å². The van der Waals surface area contributed by atoms with Crippen molar-refractivity contribution < 1.29 is 24.5 Å². The molecule has 0 radical (unpaired) electrons. The summed E-state index contributed by atoms with van der Waals surface area (Å²) < 4.78 is 10.4. The smallest absolute Gasteiger partial charge is 0.304 e. The summed E-state index contributed by atoms with van der Waals surface area (Å²) in [5.74, 6) is -0.829. The first-order valence-corrected chi connectivity index (χ1v) is 6.61. The van der Waals surface area contributed by atoms with Gasteiger partial charge in [-0.25, -0.2) is 0 Å². The van der Waals surface area contributed by atoms with E-state index >= 15 is 0 Å². The minimum absolute atomic E-state index is 0.0637. The number of carboxylic acid groups (broad SMARTS) is 1. The topological polar surface area (TPSA) is 79.2 Å². The molecule has 114 valence electrons. The molecule has 0 fully saturated rings. The van der Waals surface area contributed by atoms with Crippen molar-refractivity contribution >= 4 is 5.97 Å². The van der Waals surface area contributed by atoms with Gasteiger partial charge in [-0.3, -0.25) is 9.69 Å². The van der Waals surface area contributed by atoms with Gasteiger partial charge in [0.05, 0.1) is 31.8 Å². The van der Waals surface area contributed by atoms with Crippen LogP contribution in [0.25, 0.3) is 0 Å². The monoisotopic (exact) mass is 277 g/mol. The van der Waals surface area contributed by atoms with E-state index in [-0.39, 0.29) is 25.2 Å². The Balaban J connectivity index is 4.02. The Morgan fingerprint density at radius 1 is 1.26 bits per heavy atom. The molecule has 0 aliphatic carbocycles. The standard InChI is InChI=1S/C13H27NO5/c1-10(2)14(6-5-13(16)17)7-12(15)9-19-11(3)8-18-4/h10-12,15H,5-9H2,1-4H3,(H,16,17). The van der Waals surface area contributed by atoms with Crippen molar-refractivity contribution in [3.8, 4) is 0 Å². The van der Waals surface area contributed by atoms with E-state index in [4.69, 9.17) is 14.6 Å². The Bertz CT molecular complexity index is 247. The largest absolute Gasteiger partial charge is 0.481 e. The minimum atomic E-state index is -0.829. The summed E-state index contributed by atoms with van der Waals surface area (Å²) in [5.41, 5.74) is 0. The maximum atomic E-state index is 10.6. The van der Waals surface area contributed by atoms with Gasteiger partial charge in [0, 0.05) is 26.2 Å². The van der Waals surface area contributed by atoms with Gasteiger partial charge in [-0.2, -0.15) is 0 Å². The molecule has 0 saturated heterocycles. The fraction of sp³-hybridized carbons (Fsp3) is 0.923. The molecule has 0 aromatic carbocycles. The molecular formula is C13H27NO5. The third-order valence-corrected chi connectivity index (χ3v) is 2.76. The highest BCUT2D eigenvalue weighted by Crippen LogP contribution is 2.03. The quantitative estimate of drug-likeness (QED) is 0.575. The second-order valence-corrected chi connectivity index (χ2v) is 4.99. The van der Waals surface area contributed by atoms with Crippen molar-refractivity contribution in [2.45, 2.75) is 45.4 Å². The van der Waals surface area contributed by atoms with Crippen molar-refractivity contribution in [2.24, 2.45) is 0 Å². The number of carboxylic acids is 1. The van der Waals surface area contributed by atoms with E-state index in [9.17, 15) is 9.90 Å². The number of nitrogens with zero attached hydrogens (tertiary/aromatic N) is 1. The number of carbonyl (C=O) groups is 1. The maximum Gasteiger partial charge on any atom is 0.304 e. The lowest BCUT2D eigenvalue weighted by atomic mass is 10.2. The fourth-order valence-corrected chi connectivity index (χ4v) is 1.68. The zero-order chi connectivity index (χ0) is 14.8. The Labute approximate surface area is 115 Å². The molecule has 19 heavy (non-hydrogen) atoms. The van der Waals surface area contributed by atoms with Crippen LogP contribution in [0.15, 0.2) is 0 Å². The van der Waals surface area contributed by atoms with Crippen LogP contribution >= 0.6 is 0 Å². The molecule has 0 aromatic rings. The van der Waals surface area contributed by atoms with Crippen molar-refractivity contribution in [2.75, 3.05) is 33.4 Å². The zero-order valence-electron chi connectivity index (χ0n) is 12.3. The van der Waals surface area contributed by atoms with Crippen LogP contribution in [0, 0.1) is 0 Å². The van der Waals surface area contributed by atoms with Crippen LogP contribution in [0.5, 0.6) is 0 Å². The Kier molecular flexibility index (Phi) is 9.77. The van der Waals surface area contributed by atoms with Gasteiger partial charge >= 0.3 is 5.97 Å². The Morgan fingerprint density at radius 2 is 1.89 bits per heavy atom. The molecule has 2 atom stereocenters. The van der Waals surface area contributed by atoms with Crippen LogP contribution in [-0.4, -0.2) is 72.7 Å². The number of rotatable bonds is 11. The van der Waals surface area contributed by atoms with Crippen molar-refractivity contribution in [3.05, 3.63) is 0 Å². The third kappa shape index (κ3) is 9.84. The van der Waals surface area contributed by atoms with Gasteiger partial charge in [0.1, 0.15) is 0 Å². The Morgan fingerprint density at radius 3 is 2.37 bits per heavy atom. The van der Waals surface area contributed by atoms with Crippen molar-refractivity contribution in [1.29, 1.82) is 0 Å². The van der Waals surface area contributed by atoms with Crippen LogP contribution in [0.4, 0.5) is 0 Å². The van der Waals surface area contributed by atoms with E-state index in [2.05, 4.69) is 0 Å². The molecule has 0 bridgehead atoms. The molecule has 0 aromatic heterocycles. The molecule has 0 aliphatic heterocycles. The van der Waals surface area contributed by atoms with Gasteiger partial charge in [0.15, 0.2) is 0 Å². The van der Waals surface area contributed by atoms with Gasteiger partial charge in [0.25, 0.3) is 0 Å². The molecule has 0 heterocycles. The number of aliphatic carboxylic acids is 1. The van der Waals surface area contributed by atoms with Gasteiger partial charge in [-0.1, -0.05) is 0 Å². The number of aliphatic hydroxyl groups is 1. The van der Waals surface area contributed by atoms with Gasteiger partial charge in [-0.15, -0.1) is 0 Å². The maximum absolute atomic E-state index is 10.6. The van der Waals surface area contributed by atoms with Crippen LogP contribution in [-0.2, 0) is 14.3 Å². The molecule has 0 saturated carbocycles. The SMILES string of the molecule is COCC(C)OCC(O)CN(CCC(=O)O)C(C)C. The highest BCUT2D eigenvalue weighted by atomic mass is 16.5. The third-order valence-electron chi connectivity index (χ3n) is 2.76. The zero-order valence-corrected chi connectivity index (χ0v) is 12.3. The summed E-state index contributed by atoms with van der Waals surface area (Å²) in [6.07, 6.45) is -0.618. The highest BCUT2D eigenvalue weighted by molar-refractivity contribution is 5.66. The summed E-state index contributed by atoms with van der Waals surface area (Å²) in [6.45, 7) is 7.37. The van der Waals surface area contributed by atoms with E-state index in [0.29, 0.717) is 19.7 Å². The molecule has 6 heteroatoms. The molecule has 0 spiro atoms. The van der Waals surface area contributed by atoms with Crippen molar-refractivity contribution in [3.63, 3.8) is 0 Å². The summed E-state index contributed by atoms with van der Waals surface area (Å²) in [6, 6.07) is 0.186. The van der Waals surface area contributed by atoms with E-state index in [1.54, 1.807) is 7.11 Å². The van der Waals surface area contributed by atoms with E-state index < -0.39 is 12.1 Å². The first-order chi connectivity index (χ1) is 8.86. The number of methoxy groups -OCH3 is 1. The predicted octanol–water partition coefficient (Wildman–Crippen LogP) is 0.584. The second kappa shape index (κ2) is 10.1. The first-order valence-electron chi connectivity index (χ1n) is 6.61. The molecular weight excluding hydrogens is 250 g/mol. The number of ether oxygens (including phenoxy) is 2. The highest BCUT2D eigenvalue weighted by Gasteiger charge is 2.16. The molecule has 0 amide bonds. The van der Waals surface area contributed by atoms with Gasteiger partial charge in [0.2, 0.25) is 0 Å². The predicted molar refractivity (Wildman–Crippen MR) is 72.3 cm³/mol. The van der Waals surface area contributed by atoms with E-state index in [1.165, 1.54) is 0 Å². The molecule has 2 unspecified atom stereocenters. The van der Waals surface area contributed by atoms with Crippen molar-refractivity contribution in [1.82, 2.24) is 4.90 Å². The molecule has 0 aliphatic rings. The minimum Gasteiger partial charge on any atom is -0.481 e. The summed E-state index contributed by atoms with van der Waals surface area (Å²) in [5, 5.41) is 18.6. The van der Waals surface area contributed by atoms with Crippen LogP contribution in [0.1, 0.15) is 27.2 Å². The number of hydrogen-bond donors (Lipinski definition) is 2. The van der Waals surface area contributed by atoms with Crippen LogP contribution in [0.3, 0.4) is 0 Å². The summed E-state index contributed by atoms with van der Waals surface area (Å²) in [4.78, 5) is 12.5.